The fourth-order valence-corrected chi connectivity index (χ4v) is 3.14. The van der Waals surface area contributed by atoms with Crippen molar-refractivity contribution in [2.24, 2.45) is 7.05 Å². The Kier molecular flexibility index (Phi) is 6.05. The molecule has 4 aromatic rings. The molecule has 0 unspecified atom stereocenters. The van der Waals surface area contributed by atoms with E-state index in [1.54, 1.807) is 7.05 Å². The van der Waals surface area contributed by atoms with Crippen LogP contribution in [0.1, 0.15) is 15.9 Å². The van der Waals surface area contributed by atoms with Crippen molar-refractivity contribution in [2.45, 2.75) is 6.61 Å². The van der Waals surface area contributed by atoms with Crippen molar-refractivity contribution < 1.29 is 32.9 Å². The molecule has 0 spiro atoms. The molecule has 11 heteroatoms. The molecule has 33 heavy (non-hydrogen) atoms. The third-order valence-electron chi connectivity index (χ3n) is 4.71. The van der Waals surface area contributed by atoms with Gasteiger partial charge in [0, 0.05) is 14.2 Å². The maximum atomic E-state index is 13.4. The van der Waals surface area contributed by atoms with Gasteiger partial charge in [0.1, 0.15) is 35.5 Å². The fraction of sp³-hybridized carbons (Fsp3) is 0.182. The van der Waals surface area contributed by atoms with Gasteiger partial charge in [0.2, 0.25) is 16.9 Å². The molecule has 0 aliphatic heterocycles. The largest absolute Gasteiger partial charge is 0.488 e. The Balaban J connectivity index is 1.91. The van der Waals surface area contributed by atoms with Crippen molar-refractivity contribution in [3.8, 4) is 23.1 Å². The monoisotopic (exact) mass is 455 g/mol. The van der Waals surface area contributed by atoms with E-state index >= 15 is 0 Å². The minimum absolute atomic E-state index is 0.0286. The average Bonchev–Trinajstić information content (AvgIpc) is 3.23. The predicted molar refractivity (Wildman–Crippen MR) is 113 cm³/mol. The molecule has 4 rings (SSSR count). The first-order chi connectivity index (χ1) is 15.9. The second kappa shape index (κ2) is 9.09. The molecule has 2 aromatic heterocycles. The Labute approximate surface area is 185 Å². The second-order valence-electron chi connectivity index (χ2n) is 6.92. The highest BCUT2D eigenvalue weighted by Crippen LogP contribution is 2.34. The number of halogens is 1. The van der Waals surface area contributed by atoms with E-state index in [1.807, 2.05) is 0 Å². The molecule has 0 saturated carbocycles. The van der Waals surface area contributed by atoms with Gasteiger partial charge in [-0.2, -0.15) is 5.10 Å². The smallest absolute Gasteiger partial charge is 0.335 e. The summed E-state index contributed by atoms with van der Waals surface area (Å²) in [4.78, 5) is 29.2. The van der Waals surface area contributed by atoms with Crippen LogP contribution in [-0.4, -0.2) is 39.7 Å². The van der Waals surface area contributed by atoms with Gasteiger partial charge in [-0.05, 0) is 29.8 Å². The maximum Gasteiger partial charge on any atom is 0.335 e. The first kappa shape index (κ1) is 22.0. The van der Waals surface area contributed by atoms with Gasteiger partial charge in [-0.3, -0.25) is 4.79 Å². The van der Waals surface area contributed by atoms with Crippen LogP contribution in [0.5, 0.6) is 11.5 Å². The van der Waals surface area contributed by atoms with Crippen molar-refractivity contribution in [2.75, 3.05) is 13.9 Å². The van der Waals surface area contributed by atoms with Gasteiger partial charge in [0.05, 0.1) is 5.56 Å². The van der Waals surface area contributed by atoms with E-state index in [0.717, 1.165) is 0 Å². The highest BCUT2D eigenvalue weighted by atomic mass is 19.1. The van der Waals surface area contributed by atoms with Crippen molar-refractivity contribution in [1.82, 2.24) is 14.8 Å². The van der Waals surface area contributed by atoms with Gasteiger partial charge in [-0.25, -0.2) is 18.9 Å². The summed E-state index contributed by atoms with van der Waals surface area (Å²) in [6.45, 7) is -0.294. The van der Waals surface area contributed by atoms with Crippen LogP contribution in [0, 0.1) is 5.82 Å². The minimum atomic E-state index is -1.24. The molecule has 0 fully saturated rings. The summed E-state index contributed by atoms with van der Waals surface area (Å²) in [6, 6.07) is 7.99. The number of aromatic carboxylic acids is 1. The quantitative estimate of drug-likeness (QED) is 0.399. The third kappa shape index (κ3) is 4.39. The molecular formula is C22H18FN3O7. The Bertz CT molecular complexity index is 1380. The van der Waals surface area contributed by atoms with Gasteiger partial charge in [0.25, 0.3) is 0 Å². The standard InChI is InChI=1S/C22H18FN3O7/c1-26-21(24-10-25-26)20-19(32-11-30-2)18(27)17-15(7-13(22(28)29)8-16(17)33-20)31-9-12-3-5-14(23)6-4-12/h3-8,10H,9,11H2,1-2H3,(H,28,29). The number of fused-ring (bicyclic) bond motifs is 1. The summed E-state index contributed by atoms with van der Waals surface area (Å²) in [7, 11) is 2.98. The number of benzene rings is 2. The zero-order valence-corrected chi connectivity index (χ0v) is 17.6. The van der Waals surface area contributed by atoms with Crippen LogP contribution in [0.25, 0.3) is 22.6 Å². The number of carboxylic acid groups (broad SMARTS) is 1. The molecule has 0 bridgehead atoms. The van der Waals surface area contributed by atoms with Crippen molar-refractivity contribution >= 4 is 16.9 Å². The topological polar surface area (TPSA) is 126 Å². The van der Waals surface area contributed by atoms with Crippen molar-refractivity contribution in [1.29, 1.82) is 0 Å². The molecule has 0 amide bonds. The Hall–Kier alpha value is -4.25. The molecule has 0 aliphatic carbocycles. The molecule has 0 radical (unpaired) electrons. The number of nitrogens with zero attached hydrogens (tertiary/aromatic N) is 3. The zero-order chi connectivity index (χ0) is 23.5. The third-order valence-corrected chi connectivity index (χ3v) is 4.71. The number of carbonyl (C=O) groups is 1. The second-order valence-corrected chi connectivity index (χ2v) is 6.92. The van der Waals surface area contributed by atoms with E-state index in [1.165, 1.54) is 54.5 Å². The van der Waals surface area contributed by atoms with Gasteiger partial charge in [-0.1, -0.05) is 12.1 Å². The summed E-state index contributed by atoms with van der Waals surface area (Å²) in [5.41, 5.74) is -0.204. The van der Waals surface area contributed by atoms with E-state index in [2.05, 4.69) is 10.1 Å². The number of hydrogen-bond acceptors (Lipinski definition) is 8. The van der Waals surface area contributed by atoms with Crippen LogP contribution >= 0.6 is 0 Å². The lowest BCUT2D eigenvalue weighted by molar-refractivity contribution is 0.0497. The summed E-state index contributed by atoms with van der Waals surface area (Å²) in [5.74, 6) is -1.74. The Morgan fingerprint density at radius 2 is 1.97 bits per heavy atom. The van der Waals surface area contributed by atoms with Crippen molar-refractivity contribution in [3.05, 3.63) is 69.9 Å². The van der Waals surface area contributed by atoms with Crippen LogP contribution in [0.15, 0.2) is 51.9 Å². The van der Waals surface area contributed by atoms with E-state index in [-0.39, 0.29) is 53.0 Å². The van der Waals surface area contributed by atoms with E-state index in [9.17, 15) is 19.1 Å². The first-order valence-electron chi connectivity index (χ1n) is 9.60. The number of carboxylic acids is 1. The van der Waals surface area contributed by atoms with Crippen LogP contribution in [-0.2, 0) is 18.4 Å². The fourth-order valence-electron chi connectivity index (χ4n) is 3.14. The number of aromatic nitrogens is 3. The van der Waals surface area contributed by atoms with E-state index in [4.69, 9.17) is 18.6 Å². The lowest BCUT2D eigenvalue weighted by Gasteiger charge is -2.14. The summed E-state index contributed by atoms with van der Waals surface area (Å²) in [5, 5.41) is 13.5. The molecule has 0 aliphatic rings. The van der Waals surface area contributed by atoms with Crippen LogP contribution < -0.4 is 14.9 Å². The highest BCUT2D eigenvalue weighted by molar-refractivity contribution is 5.96. The van der Waals surface area contributed by atoms with Crippen LogP contribution in [0.4, 0.5) is 4.39 Å². The summed E-state index contributed by atoms with van der Waals surface area (Å²) >= 11 is 0. The highest BCUT2D eigenvalue weighted by Gasteiger charge is 2.25. The van der Waals surface area contributed by atoms with E-state index in [0.29, 0.717) is 5.56 Å². The molecule has 1 N–H and O–H groups in total. The normalized spacial score (nSPS) is 11.0. The SMILES string of the molecule is COCOc1c(-c2ncnn2C)oc2cc(C(=O)O)cc(OCc3ccc(F)cc3)c2c1=O. The first-order valence-corrected chi connectivity index (χ1v) is 9.60. The lowest BCUT2D eigenvalue weighted by Crippen LogP contribution is -2.14. The minimum Gasteiger partial charge on any atom is -0.488 e. The van der Waals surface area contributed by atoms with E-state index < -0.39 is 17.2 Å². The average molecular weight is 455 g/mol. The molecule has 2 heterocycles. The van der Waals surface area contributed by atoms with Gasteiger partial charge < -0.3 is 23.7 Å². The summed E-state index contributed by atoms with van der Waals surface area (Å²) in [6.07, 6.45) is 1.27. The molecule has 2 aromatic carbocycles. The Morgan fingerprint density at radius 3 is 2.61 bits per heavy atom. The number of hydrogen-bond donors (Lipinski definition) is 1. The molecule has 10 nitrogen and oxygen atoms in total. The predicted octanol–water partition coefficient (Wildman–Crippen LogP) is 2.99. The molecule has 0 saturated heterocycles. The van der Waals surface area contributed by atoms with Crippen molar-refractivity contribution in [3.63, 3.8) is 0 Å². The van der Waals surface area contributed by atoms with Gasteiger partial charge >= 0.3 is 5.97 Å². The lowest BCUT2D eigenvalue weighted by atomic mass is 10.1. The molecule has 170 valence electrons. The van der Waals surface area contributed by atoms with Crippen LogP contribution in [0.3, 0.4) is 0 Å². The van der Waals surface area contributed by atoms with Gasteiger partial charge in [0.15, 0.2) is 12.6 Å². The number of rotatable bonds is 8. The Morgan fingerprint density at radius 1 is 1.21 bits per heavy atom. The van der Waals surface area contributed by atoms with Crippen LogP contribution in [0.2, 0.25) is 0 Å². The maximum absolute atomic E-state index is 13.4. The van der Waals surface area contributed by atoms with Gasteiger partial charge in [-0.15, -0.1) is 0 Å². The molecule has 0 atom stereocenters. The number of methoxy groups -OCH3 is 1. The molecular weight excluding hydrogens is 437 g/mol. The number of aryl methyl sites for hydroxylation is 1. The number of ether oxygens (including phenoxy) is 3. The summed E-state index contributed by atoms with van der Waals surface area (Å²) < 4.78 is 36.6. The zero-order valence-electron chi connectivity index (χ0n) is 17.6.